The van der Waals surface area contributed by atoms with E-state index >= 15 is 0 Å². The number of hydrogen-bond acceptors (Lipinski definition) is 0. The van der Waals surface area contributed by atoms with Gasteiger partial charge in [0, 0.05) is 0 Å². The highest BCUT2D eigenvalue weighted by molar-refractivity contribution is 7.11. The van der Waals surface area contributed by atoms with Crippen LogP contribution in [0, 0.1) is 0 Å². The SMILES string of the molecule is C[Si](c1ccc(-c2c3ccccc3c(-c3ccc4ccccc4c3)c3ccccc23)cc1)(c1ccc2ccccc2c1)c1ccc2ccc3cccc4ccc1c2c34. The van der Waals surface area contributed by atoms with E-state index < -0.39 is 8.07 Å². The van der Waals surface area contributed by atoms with E-state index in [4.69, 9.17) is 0 Å². The van der Waals surface area contributed by atoms with E-state index in [-0.39, 0.29) is 0 Å². The minimum Gasteiger partial charge on any atom is -0.0616 e. The van der Waals surface area contributed by atoms with Crippen molar-refractivity contribution in [1.29, 1.82) is 0 Å². The Morgan fingerprint density at radius 3 is 1.34 bits per heavy atom. The Kier molecular flexibility index (Phi) is 7.27. The van der Waals surface area contributed by atoms with Crippen molar-refractivity contribution in [3.05, 3.63) is 212 Å². The highest BCUT2D eigenvalue weighted by atomic mass is 28.3. The van der Waals surface area contributed by atoms with Crippen molar-refractivity contribution in [2.45, 2.75) is 6.55 Å². The monoisotopic (exact) mass is 750 g/mol. The summed E-state index contributed by atoms with van der Waals surface area (Å²) in [4.78, 5) is 0. The lowest BCUT2D eigenvalue weighted by molar-refractivity contribution is 1.66. The van der Waals surface area contributed by atoms with Crippen molar-refractivity contribution in [2.75, 3.05) is 0 Å². The lowest BCUT2D eigenvalue weighted by atomic mass is 9.85. The van der Waals surface area contributed by atoms with Crippen molar-refractivity contribution in [1.82, 2.24) is 0 Å². The van der Waals surface area contributed by atoms with Crippen LogP contribution in [0.3, 0.4) is 0 Å². The predicted molar refractivity (Wildman–Crippen MR) is 254 cm³/mol. The first-order valence-electron chi connectivity index (χ1n) is 20.3. The molecule has 0 spiro atoms. The van der Waals surface area contributed by atoms with Gasteiger partial charge < -0.3 is 0 Å². The second-order valence-corrected chi connectivity index (χ2v) is 20.1. The Morgan fingerprint density at radius 1 is 0.276 bits per heavy atom. The molecular formula is C57H38Si. The first-order chi connectivity index (χ1) is 28.6. The Labute approximate surface area is 338 Å². The van der Waals surface area contributed by atoms with Crippen molar-refractivity contribution in [3.63, 3.8) is 0 Å². The Balaban J connectivity index is 1.09. The van der Waals surface area contributed by atoms with Gasteiger partial charge in [-0.1, -0.05) is 213 Å². The van der Waals surface area contributed by atoms with E-state index in [2.05, 4.69) is 219 Å². The fourth-order valence-electron chi connectivity index (χ4n) is 10.2. The average Bonchev–Trinajstić information content (AvgIpc) is 3.29. The summed E-state index contributed by atoms with van der Waals surface area (Å²) in [6.07, 6.45) is 0. The third kappa shape index (κ3) is 4.87. The quantitative estimate of drug-likeness (QED) is 0.0711. The molecule has 0 saturated heterocycles. The molecule has 12 aromatic carbocycles. The molecule has 0 fully saturated rings. The maximum atomic E-state index is 2.57. The van der Waals surface area contributed by atoms with E-state index in [0.29, 0.717) is 0 Å². The number of hydrogen-bond donors (Lipinski definition) is 0. The third-order valence-corrected chi connectivity index (χ3v) is 17.6. The second kappa shape index (κ2) is 12.7. The molecular weight excluding hydrogens is 713 g/mol. The average molecular weight is 751 g/mol. The summed E-state index contributed by atoms with van der Waals surface area (Å²) < 4.78 is 0. The predicted octanol–water partition coefficient (Wildman–Crippen LogP) is 13.6. The summed E-state index contributed by atoms with van der Waals surface area (Å²) in [5.74, 6) is 0. The van der Waals surface area contributed by atoms with Crippen LogP contribution in [0.4, 0.5) is 0 Å². The van der Waals surface area contributed by atoms with Crippen LogP contribution in [0.25, 0.3) is 97.7 Å². The minimum atomic E-state index is -2.59. The normalized spacial score (nSPS) is 13.1. The van der Waals surface area contributed by atoms with Crippen LogP contribution in [-0.2, 0) is 0 Å². The summed E-state index contributed by atoms with van der Waals surface area (Å²) in [6, 6.07) is 80.1. The van der Waals surface area contributed by atoms with Crippen LogP contribution < -0.4 is 15.6 Å². The van der Waals surface area contributed by atoms with Gasteiger partial charge in [0.05, 0.1) is 0 Å². The number of benzene rings is 12. The molecule has 0 nitrogen and oxygen atoms in total. The minimum absolute atomic E-state index is 1.24. The van der Waals surface area contributed by atoms with Crippen molar-refractivity contribution < 1.29 is 0 Å². The van der Waals surface area contributed by atoms with Crippen molar-refractivity contribution in [3.8, 4) is 22.3 Å². The molecule has 0 radical (unpaired) electrons. The highest BCUT2D eigenvalue weighted by Gasteiger charge is 2.36. The van der Waals surface area contributed by atoms with E-state index in [0.717, 1.165) is 0 Å². The Hall–Kier alpha value is -7.06. The third-order valence-electron chi connectivity index (χ3n) is 13.1. The molecule has 0 bridgehead atoms. The van der Waals surface area contributed by atoms with Gasteiger partial charge in [0.1, 0.15) is 8.07 Å². The molecule has 0 heterocycles. The van der Waals surface area contributed by atoms with Gasteiger partial charge in [-0.25, -0.2) is 0 Å². The van der Waals surface area contributed by atoms with Gasteiger partial charge in [-0.15, -0.1) is 0 Å². The highest BCUT2D eigenvalue weighted by Crippen LogP contribution is 2.44. The van der Waals surface area contributed by atoms with Gasteiger partial charge >= 0.3 is 0 Å². The van der Waals surface area contributed by atoms with Crippen LogP contribution in [0.5, 0.6) is 0 Å². The molecule has 0 amide bonds. The van der Waals surface area contributed by atoms with Crippen molar-refractivity contribution in [2.24, 2.45) is 0 Å². The van der Waals surface area contributed by atoms with Crippen LogP contribution in [0.1, 0.15) is 0 Å². The second-order valence-electron chi connectivity index (χ2n) is 16.1. The Morgan fingerprint density at radius 2 is 0.707 bits per heavy atom. The maximum Gasteiger partial charge on any atom is 0.146 e. The molecule has 12 rings (SSSR count). The number of rotatable bonds is 5. The van der Waals surface area contributed by atoms with Gasteiger partial charge in [-0.3, -0.25) is 0 Å². The first kappa shape index (κ1) is 33.1. The summed E-state index contributed by atoms with van der Waals surface area (Å²) >= 11 is 0. The summed E-state index contributed by atoms with van der Waals surface area (Å²) in [7, 11) is -2.59. The van der Waals surface area contributed by atoms with Crippen molar-refractivity contribution >= 4 is 99.0 Å². The maximum absolute atomic E-state index is 2.59. The van der Waals surface area contributed by atoms with Crippen LogP contribution in [-0.4, -0.2) is 8.07 Å². The largest absolute Gasteiger partial charge is 0.146 e. The van der Waals surface area contributed by atoms with Gasteiger partial charge in [0.2, 0.25) is 0 Å². The van der Waals surface area contributed by atoms with Gasteiger partial charge in [0.15, 0.2) is 0 Å². The lowest BCUT2D eigenvalue weighted by Gasteiger charge is -2.32. The molecule has 0 aliphatic carbocycles. The number of fused-ring (bicyclic) bond motifs is 4. The summed E-state index contributed by atoms with van der Waals surface area (Å²) in [5.41, 5.74) is 5.08. The standard InChI is InChI=1S/C57H38Si/c1-58(47-32-25-38-12-3-5-14-44(38)36-47,53-34-29-42-23-22-39-15-10-16-40-28-33-52(53)57(42)54(39)40)46-30-26-41(27-31-46)55-48-17-6-8-19-50(48)56(51-20-9-7-18-49(51)55)45-24-21-37-11-2-4-13-43(37)35-45/h2-36H,1H3. The molecule has 0 saturated carbocycles. The zero-order chi connectivity index (χ0) is 38.4. The van der Waals surface area contributed by atoms with Crippen LogP contribution in [0.15, 0.2) is 212 Å². The smallest absolute Gasteiger partial charge is 0.0616 e. The molecule has 0 N–H and O–H groups in total. The zero-order valence-corrected chi connectivity index (χ0v) is 33.2. The molecule has 0 aliphatic rings. The summed E-state index contributed by atoms with van der Waals surface area (Å²) in [5, 5.41) is 22.5. The van der Waals surface area contributed by atoms with E-state index in [9.17, 15) is 0 Å². The van der Waals surface area contributed by atoms with Gasteiger partial charge in [0.25, 0.3) is 0 Å². The van der Waals surface area contributed by atoms with Crippen LogP contribution >= 0.6 is 0 Å². The van der Waals surface area contributed by atoms with Crippen LogP contribution in [0.2, 0.25) is 6.55 Å². The fraction of sp³-hybridized carbons (Fsp3) is 0.0175. The molecule has 1 unspecified atom stereocenters. The molecule has 12 aromatic rings. The molecule has 270 valence electrons. The lowest BCUT2D eigenvalue weighted by Crippen LogP contribution is -2.65. The first-order valence-corrected chi connectivity index (χ1v) is 22.8. The van der Waals surface area contributed by atoms with Gasteiger partial charge in [-0.2, -0.15) is 0 Å². The zero-order valence-electron chi connectivity index (χ0n) is 32.2. The molecule has 58 heavy (non-hydrogen) atoms. The van der Waals surface area contributed by atoms with E-state index in [1.54, 1.807) is 0 Å². The Bertz CT molecular complexity index is 3510. The fourth-order valence-corrected chi connectivity index (χ4v) is 14.0. The van der Waals surface area contributed by atoms with E-state index in [1.807, 2.05) is 0 Å². The molecule has 0 aliphatic heterocycles. The molecule has 0 aromatic heterocycles. The summed E-state index contributed by atoms with van der Waals surface area (Å²) in [6.45, 7) is 2.57. The van der Waals surface area contributed by atoms with E-state index in [1.165, 1.54) is 113 Å². The molecule has 1 atom stereocenters. The molecule has 1 heteroatoms. The topological polar surface area (TPSA) is 0 Å². The van der Waals surface area contributed by atoms with Gasteiger partial charge in [-0.05, 0) is 119 Å².